The third kappa shape index (κ3) is 5.57. The van der Waals surface area contributed by atoms with Crippen molar-refractivity contribution in [2.45, 2.75) is 73.2 Å². The number of nitrogens with zero attached hydrogens (tertiary/aromatic N) is 1. The highest BCUT2D eigenvalue weighted by Gasteiger charge is 2.50. The molecule has 0 radical (unpaired) electrons. The molecule has 2 heterocycles. The van der Waals surface area contributed by atoms with E-state index >= 15 is 0 Å². The lowest BCUT2D eigenvalue weighted by Crippen LogP contribution is -2.50. The van der Waals surface area contributed by atoms with Gasteiger partial charge in [-0.25, -0.2) is 4.98 Å². The minimum atomic E-state index is -2.97. The molecular formula is C25H28ClF2NO5S. The number of benzene rings is 1. The quantitative estimate of drug-likeness (QED) is 0.397. The highest BCUT2D eigenvalue weighted by atomic mass is 35.5. The summed E-state index contributed by atoms with van der Waals surface area (Å²) < 4.78 is 41.3. The number of thiazole rings is 1. The van der Waals surface area contributed by atoms with E-state index in [1.807, 2.05) is 0 Å². The summed E-state index contributed by atoms with van der Waals surface area (Å²) in [6.07, 6.45) is 0. The Morgan fingerprint density at radius 3 is 2.34 bits per heavy atom. The predicted octanol–water partition coefficient (Wildman–Crippen LogP) is 6.83. The van der Waals surface area contributed by atoms with Crippen LogP contribution in [-0.4, -0.2) is 34.6 Å². The molecule has 35 heavy (non-hydrogen) atoms. The van der Waals surface area contributed by atoms with Gasteiger partial charge in [-0.05, 0) is 73.6 Å². The number of carbonyl (C=O) groups excluding carboxylic acids is 2. The molecule has 0 unspecified atom stereocenters. The van der Waals surface area contributed by atoms with E-state index in [0.29, 0.717) is 21.1 Å². The third-order valence-electron chi connectivity index (χ3n) is 5.29. The van der Waals surface area contributed by atoms with Crippen LogP contribution in [0, 0.1) is 12.3 Å². The van der Waals surface area contributed by atoms with Crippen LogP contribution in [0.3, 0.4) is 0 Å². The number of aromatic nitrogens is 1. The van der Waals surface area contributed by atoms with Gasteiger partial charge in [0.25, 0.3) is 0 Å². The van der Waals surface area contributed by atoms with Gasteiger partial charge in [-0.15, -0.1) is 11.3 Å². The highest BCUT2D eigenvalue weighted by molar-refractivity contribution is 7.15. The minimum Gasteiger partial charge on any atom is -0.435 e. The molecule has 1 aliphatic heterocycles. The van der Waals surface area contributed by atoms with Crippen LogP contribution >= 0.6 is 22.9 Å². The van der Waals surface area contributed by atoms with E-state index in [1.165, 1.54) is 29.5 Å². The second kappa shape index (κ2) is 9.26. The summed E-state index contributed by atoms with van der Waals surface area (Å²) in [6, 6.07) is 4.17. The standard InChI is InChI=1S/C25H28ClF2NO5S/c1-12-17(29-20(35-12)14-10-9-13(11-15(14)26)32-22(27)28)16-18(30)24(5,6)34-25(7,8)19(16)33-21(31)23(2,3)4/h9-11,22H,1-8H3. The Labute approximate surface area is 212 Å². The topological polar surface area (TPSA) is 74.7 Å². The van der Waals surface area contributed by atoms with E-state index in [1.54, 1.807) is 55.4 Å². The first-order valence-corrected chi connectivity index (χ1v) is 12.1. The van der Waals surface area contributed by atoms with E-state index in [-0.39, 0.29) is 27.9 Å². The van der Waals surface area contributed by atoms with E-state index in [4.69, 9.17) is 21.1 Å². The molecule has 0 saturated heterocycles. The Morgan fingerprint density at radius 2 is 1.80 bits per heavy atom. The maximum atomic E-state index is 13.6. The van der Waals surface area contributed by atoms with Crippen LogP contribution in [0.5, 0.6) is 5.75 Å². The maximum Gasteiger partial charge on any atom is 0.387 e. The molecule has 0 aliphatic carbocycles. The normalized spacial score (nSPS) is 17.7. The number of ketones is 1. The summed E-state index contributed by atoms with van der Waals surface area (Å²) in [5, 5.41) is 0.630. The molecule has 1 aromatic carbocycles. The number of ether oxygens (including phenoxy) is 3. The fourth-order valence-electron chi connectivity index (χ4n) is 3.66. The first-order chi connectivity index (χ1) is 15.9. The summed E-state index contributed by atoms with van der Waals surface area (Å²) in [5.41, 5.74) is -2.12. The summed E-state index contributed by atoms with van der Waals surface area (Å²) in [6.45, 7) is 10.7. The number of halogens is 3. The molecule has 1 aromatic heterocycles. The van der Waals surface area contributed by atoms with Crippen molar-refractivity contribution in [1.29, 1.82) is 0 Å². The molecule has 2 aromatic rings. The molecule has 0 amide bonds. The monoisotopic (exact) mass is 527 g/mol. The Kier molecular flexibility index (Phi) is 7.20. The van der Waals surface area contributed by atoms with E-state index in [2.05, 4.69) is 9.72 Å². The fraction of sp³-hybridized carbons (Fsp3) is 0.480. The van der Waals surface area contributed by atoms with Gasteiger partial charge < -0.3 is 14.2 Å². The Morgan fingerprint density at radius 1 is 1.17 bits per heavy atom. The Balaban J connectivity index is 2.18. The number of esters is 1. The average molecular weight is 528 g/mol. The zero-order chi connectivity index (χ0) is 26.5. The number of Topliss-reactive ketones (excluding diaryl/α,β-unsaturated/α-hetero) is 1. The summed E-state index contributed by atoms with van der Waals surface area (Å²) in [7, 11) is 0. The van der Waals surface area contributed by atoms with Crippen molar-refractivity contribution >= 4 is 40.3 Å². The van der Waals surface area contributed by atoms with Gasteiger partial charge in [0.05, 0.1) is 21.7 Å². The minimum absolute atomic E-state index is 0.0792. The van der Waals surface area contributed by atoms with Crippen molar-refractivity contribution in [2.24, 2.45) is 5.41 Å². The van der Waals surface area contributed by atoms with Crippen molar-refractivity contribution in [3.05, 3.63) is 39.6 Å². The molecule has 190 valence electrons. The second-order valence-electron chi connectivity index (χ2n) is 10.2. The van der Waals surface area contributed by atoms with Crippen LogP contribution in [0.15, 0.2) is 24.0 Å². The fourth-order valence-corrected chi connectivity index (χ4v) is 4.93. The van der Waals surface area contributed by atoms with Gasteiger partial charge in [-0.1, -0.05) is 11.6 Å². The smallest absolute Gasteiger partial charge is 0.387 e. The van der Waals surface area contributed by atoms with Gasteiger partial charge in [0, 0.05) is 10.4 Å². The lowest BCUT2D eigenvalue weighted by atomic mass is 9.84. The summed E-state index contributed by atoms with van der Waals surface area (Å²) >= 11 is 7.61. The van der Waals surface area contributed by atoms with Gasteiger partial charge in [-0.3, -0.25) is 9.59 Å². The van der Waals surface area contributed by atoms with Crippen LogP contribution in [0.25, 0.3) is 16.1 Å². The molecule has 0 atom stereocenters. The molecule has 0 N–H and O–H groups in total. The predicted molar refractivity (Wildman–Crippen MR) is 131 cm³/mol. The summed E-state index contributed by atoms with van der Waals surface area (Å²) in [4.78, 5) is 31.7. The van der Waals surface area contributed by atoms with Crippen LogP contribution in [0.4, 0.5) is 8.78 Å². The third-order valence-corrected chi connectivity index (χ3v) is 6.61. The van der Waals surface area contributed by atoms with Gasteiger partial charge in [0.15, 0.2) is 11.5 Å². The van der Waals surface area contributed by atoms with Crippen molar-refractivity contribution in [3.63, 3.8) is 0 Å². The highest BCUT2D eigenvalue weighted by Crippen LogP contribution is 2.45. The number of rotatable bonds is 5. The van der Waals surface area contributed by atoms with Crippen molar-refractivity contribution < 1.29 is 32.6 Å². The van der Waals surface area contributed by atoms with Crippen molar-refractivity contribution in [1.82, 2.24) is 4.98 Å². The van der Waals surface area contributed by atoms with E-state index < -0.39 is 29.2 Å². The lowest BCUT2D eigenvalue weighted by Gasteiger charge is -2.42. The molecule has 10 heteroatoms. The van der Waals surface area contributed by atoms with Crippen molar-refractivity contribution in [2.75, 3.05) is 0 Å². The second-order valence-corrected chi connectivity index (χ2v) is 11.8. The number of carbonyl (C=O) groups is 2. The number of hydrogen-bond donors (Lipinski definition) is 0. The molecular weight excluding hydrogens is 500 g/mol. The van der Waals surface area contributed by atoms with Crippen LogP contribution in [0.2, 0.25) is 5.02 Å². The van der Waals surface area contributed by atoms with Gasteiger partial charge in [-0.2, -0.15) is 8.78 Å². The molecule has 0 bridgehead atoms. The molecule has 1 aliphatic rings. The average Bonchev–Trinajstić information content (AvgIpc) is 3.05. The molecule has 0 fully saturated rings. The van der Waals surface area contributed by atoms with Crippen molar-refractivity contribution in [3.8, 4) is 16.3 Å². The van der Waals surface area contributed by atoms with Crippen LogP contribution in [-0.2, 0) is 19.1 Å². The molecule has 0 saturated carbocycles. The van der Waals surface area contributed by atoms with Gasteiger partial charge >= 0.3 is 12.6 Å². The molecule has 3 rings (SSSR count). The van der Waals surface area contributed by atoms with E-state index in [0.717, 1.165) is 0 Å². The first kappa shape index (κ1) is 27.2. The largest absolute Gasteiger partial charge is 0.435 e. The van der Waals surface area contributed by atoms with Gasteiger partial charge in [0.2, 0.25) is 0 Å². The number of aryl methyl sites for hydroxylation is 1. The van der Waals surface area contributed by atoms with Crippen LogP contribution in [0.1, 0.15) is 59.0 Å². The first-order valence-electron chi connectivity index (χ1n) is 10.9. The summed E-state index contributed by atoms with van der Waals surface area (Å²) in [5.74, 6) is -0.877. The van der Waals surface area contributed by atoms with E-state index in [9.17, 15) is 18.4 Å². The molecule has 0 spiro atoms. The molecule has 6 nitrogen and oxygen atoms in total. The lowest BCUT2D eigenvalue weighted by molar-refractivity contribution is -0.169. The number of alkyl halides is 2. The zero-order valence-corrected chi connectivity index (χ0v) is 22.4. The Bertz CT molecular complexity index is 1210. The number of hydrogen-bond acceptors (Lipinski definition) is 7. The van der Waals surface area contributed by atoms with Crippen LogP contribution < -0.4 is 4.74 Å². The van der Waals surface area contributed by atoms with Gasteiger partial charge in [0.1, 0.15) is 22.0 Å². The SMILES string of the molecule is Cc1sc(-c2ccc(OC(F)F)cc2Cl)nc1C1=C(OC(=O)C(C)(C)C)C(C)(C)OC(C)(C)C1=O. The Hall–Kier alpha value is -2.36. The maximum absolute atomic E-state index is 13.6. The zero-order valence-electron chi connectivity index (χ0n) is 20.8.